The minimum absolute atomic E-state index is 0.0231. The molecule has 1 amide bonds. The Morgan fingerprint density at radius 1 is 1.38 bits per heavy atom. The van der Waals surface area contributed by atoms with Crippen LogP contribution in [0, 0.1) is 11.3 Å². The van der Waals surface area contributed by atoms with Crippen molar-refractivity contribution in [3.8, 4) is 0 Å². The number of primary amides is 1. The second kappa shape index (κ2) is 11.4. The summed E-state index contributed by atoms with van der Waals surface area (Å²) in [6.07, 6.45) is 5.32. The number of nitrogens with two attached hydrogens (primary N) is 1. The third kappa shape index (κ3) is 10.00. The van der Waals surface area contributed by atoms with Gasteiger partial charge in [-0.1, -0.05) is 20.8 Å². The SMILES string of the molecule is CCNC(=NCCCN1CCCC(C(N)=O)C1)NC(C)CCC(C)(C)C. The molecule has 2 unspecified atom stereocenters. The van der Waals surface area contributed by atoms with E-state index in [1.807, 2.05) is 0 Å². The van der Waals surface area contributed by atoms with Crippen LogP contribution >= 0.6 is 0 Å². The zero-order valence-corrected chi connectivity index (χ0v) is 17.6. The predicted octanol–water partition coefficient (Wildman–Crippen LogP) is 2.34. The Balaban J connectivity index is 2.35. The summed E-state index contributed by atoms with van der Waals surface area (Å²) in [5.74, 6) is 0.771. The molecule has 0 radical (unpaired) electrons. The fraction of sp³-hybridized carbons (Fsp3) is 0.900. The van der Waals surface area contributed by atoms with Crippen LogP contribution in [0.1, 0.15) is 66.7 Å². The molecule has 6 nitrogen and oxygen atoms in total. The van der Waals surface area contributed by atoms with Crippen molar-refractivity contribution in [3.05, 3.63) is 0 Å². The van der Waals surface area contributed by atoms with Crippen molar-refractivity contribution in [3.63, 3.8) is 0 Å². The highest BCUT2D eigenvalue weighted by atomic mass is 16.1. The van der Waals surface area contributed by atoms with Gasteiger partial charge < -0.3 is 21.3 Å². The van der Waals surface area contributed by atoms with Crippen molar-refractivity contribution >= 4 is 11.9 Å². The lowest BCUT2D eigenvalue weighted by Crippen LogP contribution is -2.43. The molecule has 1 aliphatic rings. The van der Waals surface area contributed by atoms with Crippen LogP contribution in [-0.4, -0.2) is 55.5 Å². The molecular formula is C20H41N5O. The second-order valence-corrected chi connectivity index (χ2v) is 8.80. The minimum atomic E-state index is -0.157. The Hall–Kier alpha value is -1.30. The molecule has 1 saturated heterocycles. The van der Waals surface area contributed by atoms with Crippen molar-refractivity contribution in [2.24, 2.45) is 22.1 Å². The first-order chi connectivity index (χ1) is 12.2. The van der Waals surface area contributed by atoms with Crippen molar-refractivity contribution in [1.29, 1.82) is 0 Å². The molecule has 0 aliphatic carbocycles. The van der Waals surface area contributed by atoms with Crippen molar-refractivity contribution in [2.75, 3.05) is 32.7 Å². The van der Waals surface area contributed by atoms with Crippen molar-refractivity contribution < 1.29 is 4.79 Å². The largest absolute Gasteiger partial charge is 0.369 e. The molecule has 26 heavy (non-hydrogen) atoms. The van der Waals surface area contributed by atoms with Gasteiger partial charge in [-0.05, 0) is 64.5 Å². The zero-order valence-electron chi connectivity index (χ0n) is 17.6. The van der Waals surface area contributed by atoms with Gasteiger partial charge in [-0.25, -0.2) is 0 Å². The van der Waals surface area contributed by atoms with E-state index in [0.29, 0.717) is 11.5 Å². The number of amides is 1. The average Bonchev–Trinajstić information content (AvgIpc) is 2.56. The monoisotopic (exact) mass is 367 g/mol. The van der Waals surface area contributed by atoms with Crippen LogP contribution < -0.4 is 16.4 Å². The molecule has 4 N–H and O–H groups in total. The topological polar surface area (TPSA) is 82.8 Å². The van der Waals surface area contributed by atoms with Crippen LogP contribution in [0.3, 0.4) is 0 Å². The van der Waals surface area contributed by atoms with Crippen molar-refractivity contribution in [2.45, 2.75) is 72.8 Å². The normalized spacial score (nSPS) is 20.7. The van der Waals surface area contributed by atoms with Gasteiger partial charge in [-0.2, -0.15) is 0 Å². The Bertz CT molecular complexity index is 444. The van der Waals surface area contributed by atoms with Gasteiger partial charge in [-0.3, -0.25) is 9.79 Å². The maximum absolute atomic E-state index is 11.4. The first-order valence-corrected chi connectivity index (χ1v) is 10.3. The molecule has 0 bridgehead atoms. The molecule has 0 aromatic carbocycles. The molecule has 1 fully saturated rings. The number of nitrogens with zero attached hydrogens (tertiary/aromatic N) is 2. The van der Waals surface area contributed by atoms with Crippen LogP contribution in [0.2, 0.25) is 0 Å². The fourth-order valence-electron chi connectivity index (χ4n) is 3.25. The van der Waals surface area contributed by atoms with E-state index in [-0.39, 0.29) is 11.8 Å². The minimum Gasteiger partial charge on any atom is -0.369 e. The maximum atomic E-state index is 11.4. The van der Waals surface area contributed by atoms with Gasteiger partial charge in [0.2, 0.25) is 5.91 Å². The van der Waals surface area contributed by atoms with Crippen LogP contribution in [0.5, 0.6) is 0 Å². The van der Waals surface area contributed by atoms with Gasteiger partial charge in [-0.15, -0.1) is 0 Å². The van der Waals surface area contributed by atoms with E-state index >= 15 is 0 Å². The molecule has 1 aliphatic heterocycles. The number of piperidine rings is 1. The molecule has 6 heteroatoms. The Morgan fingerprint density at radius 2 is 2.12 bits per heavy atom. The number of likely N-dealkylation sites (tertiary alicyclic amines) is 1. The van der Waals surface area contributed by atoms with E-state index in [1.54, 1.807) is 0 Å². The van der Waals surface area contributed by atoms with Gasteiger partial charge in [0.1, 0.15) is 0 Å². The van der Waals surface area contributed by atoms with Gasteiger partial charge in [0.05, 0.1) is 5.92 Å². The van der Waals surface area contributed by atoms with E-state index in [2.05, 4.69) is 50.2 Å². The summed E-state index contributed by atoms with van der Waals surface area (Å²) in [5, 5.41) is 6.85. The molecule has 152 valence electrons. The van der Waals surface area contributed by atoms with Crippen molar-refractivity contribution in [1.82, 2.24) is 15.5 Å². The highest BCUT2D eigenvalue weighted by Gasteiger charge is 2.23. The number of carbonyl (C=O) groups is 1. The number of hydrogen-bond donors (Lipinski definition) is 3. The predicted molar refractivity (Wildman–Crippen MR) is 110 cm³/mol. The van der Waals surface area contributed by atoms with Crippen LogP contribution in [0.25, 0.3) is 0 Å². The smallest absolute Gasteiger partial charge is 0.221 e. The molecule has 0 aromatic rings. The Labute approximate surface area is 160 Å². The van der Waals surface area contributed by atoms with Gasteiger partial charge in [0, 0.05) is 25.7 Å². The summed E-state index contributed by atoms with van der Waals surface area (Å²) in [7, 11) is 0. The summed E-state index contributed by atoms with van der Waals surface area (Å²) in [6, 6.07) is 0.408. The summed E-state index contributed by atoms with van der Waals surface area (Å²) >= 11 is 0. The van der Waals surface area contributed by atoms with E-state index in [1.165, 1.54) is 6.42 Å². The second-order valence-electron chi connectivity index (χ2n) is 8.80. The van der Waals surface area contributed by atoms with Gasteiger partial charge in [0.25, 0.3) is 0 Å². The average molecular weight is 368 g/mol. The van der Waals surface area contributed by atoms with E-state index in [0.717, 1.165) is 64.4 Å². The van der Waals surface area contributed by atoms with Crippen LogP contribution in [-0.2, 0) is 4.79 Å². The molecule has 1 heterocycles. The standard InChI is InChI=1S/C20H41N5O/c1-6-22-19(24-16(2)10-11-20(3,4)5)23-12-8-14-25-13-7-9-17(15-25)18(21)26/h16-17H,6-15H2,1-5H3,(H2,21,26)(H2,22,23,24). The lowest BCUT2D eigenvalue weighted by Gasteiger charge is -2.30. The molecule has 0 aromatic heterocycles. The number of rotatable bonds is 9. The lowest BCUT2D eigenvalue weighted by molar-refractivity contribution is -0.123. The quantitative estimate of drug-likeness (QED) is 0.332. The molecular weight excluding hydrogens is 326 g/mol. The number of carbonyl (C=O) groups excluding carboxylic acids is 1. The lowest BCUT2D eigenvalue weighted by atomic mass is 9.89. The fourth-order valence-corrected chi connectivity index (χ4v) is 3.25. The number of hydrogen-bond acceptors (Lipinski definition) is 3. The summed E-state index contributed by atoms with van der Waals surface area (Å²) in [4.78, 5) is 18.4. The maximum Gasteiger partial charge on any atom is 0.221 e. The van der Waals surface area contributed by atoms with Gasteiger partial charge in [0.15, 0.2) is 5.96 Å². The van der Waals surface area contributed by atoms with E-state index in [9.17, 15) is 4.79 Å². The van der Waals surface area contributed by atoms with E-state index < -0.39 is 0 Å². The molecule has 2 atom stereocenters. The summed E-state index contributed by atoms with van der Waals surface area (Å²) in [6.45, 7) is 15.7. The van der Waals surface area contributed by atoms with Gasteiger partial charge >= 0.3 is 0 Å². The highest BCUT2D eigenvalue weighted by Crippen LogP contribution is 2.21. The third-order valence-electron chi connectivity index (χ3n) is 4.86. The third-order valence-corrected chi connectivity index (χ3v) is 4.86. The molecule has 0 spiro atoms. The number of aliphatic imine (C=N–C) groups is 1. The highest BCUT2D eigenvalue weighted by molar-refractivity contribution is 5.80. The Morgan fingerprint density at radius 3 is 2.73 bits per heavy atom. The zero-order chi connectivity index (χ0) is 19.6. The Kier molecular flexibility index (Phi) is 9.99. The molecule has 1 rings (SSSR count). The van der Waals surface area contributed by atoms with E-state index in [4.69, 9.17) is 10.7 Å². The summed E-state index contributed by atoms with van der Waals surface area (Å²) < 4.78 is 0. The van der Waals surface area contributed by atoms with Crippen LogP contribution in [0.15, 0.2) is 4.99 Å². The number of guanidine groups is 1. The molecule has 0 saturated carbocycles. The summed E-state index contributed by atoms with van der Waals surface area (Å²) in [5.41, 5.74) is 5.81. The first-order valence-electron chi connectivity index (χ1n) is 10.3. The van der Waals surface area contributed by atoms with Crippen LogP contribution in [0.4, 0.5) is 0 Å². The number of nitrogens with one attached hydrogen (secondary N) is 2. The first kappa shape index (κ1) is 22.7.